The first-order chi connectivity index (χ1) is 8.90. The number of halogens is 3. The van der Waals surface area contributed by atoms with Crippen molar-refractivity contribution in [2.75, 3.05) is 0 Å². The van der Waals surface area contributed by atoms with E-state index in [9.17, 15) is 18.0 Å². The summed E-state index contributed by atoms with van der Waals surface area (Å²) in [6.45, 7) is 3.59. The molecule has 19 heavy (non-hydrogen) atoms. The summed E-state index contributed by atoms with van der Waals surface area (Å²) in [5.41, 5.74) is -0.742. The smallest absolute Gasteiger partial charge is 0.251 e. The summed E-state index contributed by atoms with van der Waals surface area (Å²) in [7, 11) is 0. The molecule has 0 atom stereocenters. The van der Waals surface area contributed by atoms with Gasteiger partial charge in [-0.25, -0.2) is 18.2 Å². The van der Waals surface area contributed by atoms with E-state index in [-0.39, 0.29) is 17.2 Å². The Morgan fingerprint density at radius 3 is 2.47 bits per heavy atom. The molecule has 0 aliphatic heterocycles. The molecule has 0 amide bonds. The van der Waals surface area contributed by atoms with Crippen molar-refractivity contribution in [2.45, 2.75) is 19.8 Å². The lowest BCUT2D eigenvalue weighted by atomic mass is 10.1. The van der Waals surface area contributed by atoms with E-state index in [0.29, 0.717) is 5.82 Å². The van der Waals surface area contributed by atoms with Crippen molar-refractivity contribution in [3.63, 3.8) is 0 Å². The molecule has 100 valence electrons. The van der Waals surface area contributed by atoms with Crippen molar-refractivity contribution in [2.24, 2.45) is 0 Å². The highest BCUT2D eigenvalue weighted by Gasteiger charge is 2.17. The van der Waals surface area contributed by atoms with E-state index in [1.165, 1.54) is 0 Å². The third-order valence-corrected chi connectivity index (χ3v) is 2.62. The van der Waals surface area contributed by atoms with E-state index < -0.39 is 23.0 Å². The van der Waals surface area contributed by atoms with E-state index in [1.54, 1.807) is 13.8 Å². The molecule has 0 spiro atoms. The van der Waals surface area contributed by atoms with Crippen molar-refractivity contribution >= 4 is 0 Å². The average molecular weight is 268 g/mol. The molecule has 1 aromatic carbocycles. The molecule has 0 aliphatic carbocycles. The number of benzene rings is 1. The Morgan fingerprint density at radius 1 is 1.16 bits per heavy atom. The first kappa shape index (κ1) is 13.3. The van der Waals surface area contributed by atoms with E-state index in [4.69, 9.17) is 0 Å². The lowest BCUT2D eigenvalue weighted by molar-refractivity contribution is 0.448. The van der Waals surface area contributed by atoms with E-state index >= 15 is 0 Å². The molecule has 0 saturated heterocycles. The molecule has 0 fully saturated rings. The van der Waals surface area contributed by atoms with Gasteiger partial charge in [0.1, 0.15) is 5.82 Å². The third kappa shape index (κ3) is 2.52. The maximum atomic E-state index is 13.6. The van der Waals surface area contributed by atoms with Gasteiger partial charge in [-0.2, -0.15) is 0 Å². The van der Waals surface area contributed by atoms with Gasteiger partial charge in [0.2, 0.25) is 0 Å². The summed E-state index contributed by atoms with van der Waals surface area (Å²) in [4.78, 5) is 18.0. The van der Waals surface area contributed by atoms with Crippen molar-refractivity contribution in [1.82, 2.24) is 9.97 Å². The molecule has 1 heterocycles. The number of hydrogen-bond acceptors (Lipinski definition) is 2. The van der Waals surface area contributed by atoms with Gasteiger partial charge in [0.15, 0.2) is 17.5 Å². The predicted molar refractivity (Wildman–Crippen MR) is 64.3 cm³/mol. The zero-order chi connectivity index (χ0) is 14.2. The van der Waals surface area contributed by atoms with E-state index in [0.717, 1.165) is 18.2 Å². The zero-order valence-corrected chi connectivity index (χ0v) is 10.3. The Labute approximate surface area is 107 Å². The van der Waals surface area contributed by atoms with Crippen LogP contribution in [0.4, 0.5) is 13.2 Å². The standard InChI is InChI=1S/C13H11F3N2O/c1-6(2)13-17-9(5-10(19)18-13)7-3-4-8(14)12(16)11(7)15/h3-6H,1-2H3,(H,17,18,19). The molecule has 2 rings (SSSR count). The zero-order valence-electron chi connectivity index (χ0n) is 10.3. The SMILES string of the molecule is CC(C)c1nc(-c2ccc(F)c(F)c2F)cc(=O)[nH]1. The fourth-order valence-corrected chi connectivity index (χ4v) is 1.61. The fourth-order valence-electron chi connectivity index (χ4n) is 1.61. The van der Waals surface area contributed by atoms with Gasteiger partial charge >= 0.3 is 0 Å². The number of rotatable bonds is 2. The fraction of sp³-hybridized carbons (Fsp3) is 0.231. The second kappa shape index (κ2) is 4.87. The molecule has 0 saturated carbocycles. The van der Waals surface area contributed by atoms with Crippen LogP contribution in [0, 0.1) is 17.5 Å². The van der Waals surface area contributed by atoms with Crippen molar-refractivity contribution < 1.29 is 13.2 Å². The summed E-state index contributed by atoms with van der Waals surface area (Å²) < 4.78 is 39.7. The number of hydrogen-bond donors (Lipinski definition) is 1. The maximum Gasteiger partial charge on any atom is 0.251 e. The quantitative estimate of drug-likeness (QED) is 0.851. The molecule has 1 aromatic heterocycles. The van der Waals surface area contributed by atoms with Crippen LogP contribution in [-0.4, -0.2) is 9.97 Å². The Bertz CT molecular complexity index is 680. The van der Waals surface area contributed by atoms with Crippen LogP contribution in [0.3, 0.4) is 0 Å². The van der Waals surface area contributed by atoms with Gasteiger partial charge in [-0.15, -0.1) is 0 Å². The summed E-state index contributed by atoms with van der Waals surface area (Å²) in [5, 5.41) is 0. The molecular formula is C13H11F3N2O. The Hall–Kier alpha value is -2.11. The largest absolute Gasteiger partial charge is 0.310 e. The molecule has 0 aliphatic rings. The van der Waals surface area contributed by atoms with Crippen molar-refractivity contribution in [3.05, 3.63) is 51.8 Å². The molecule has 0 radical (unpaired) electrons. The highest BCUT2D eigenvalue weighted by Crippen LogP contribution is 2.24. The minimum atomic E-state index is -1.58. The number of nitrogens with one attached hydrogen (secondary N) is 1. The van der Waals surface area contributed by atoms with Gasteiger partial charge in [-0.1, -0.05) is 13.8 Å². The lowest BCUT2D eigenvalue weighted by Gasteiger charge is -2.08. The second-order valence-electron chi connectivity index (χ2n) is 4.39. The van der Waals surface area contributed by atoms with Gasteiger partial charge in [0.25, 0.3) is 5.56 Å². The van der Waals surface area contributed by atoms with E-state index in [2.05, 4.69) is 9.97 Å². The number of H-pyrrole nitrogens is 1. The van der Waals surface area contributed by atoms with Crippen LogP contribution in [0.2, 0.25) is 0 Å². The molecule has 6 heteroatoms. The van der Waals surface area contributed by atoms with Crippen LogP contribution >= 0.6 is 0 Å². The summed E-state index contributed by atoms with van der Waals surface area (Å²) in [6, 6.07) is 2.90. The maximum absolute atomic E-state index is 13.6. The number of aromatic amines is 1. The van der Waals surface area contributed by atoms with Crippen LogP contribution < -0.4 is 5.56 Å². The summed E-state index contributed by atoms with van der Waals surface area (Å²) in [6.07, 6.45) is 0. The molecule has 2 aromatic rings. The van der Waals surface area contributed by atoms with Gasteiger partial charge < -0.3 is 4.98 Å². The lowest BCUT2D eigenvalue weighted by Crippen LogP contribution is -2.12. The molecule has 3 nitrogen and oxygen atoms in total. The highest BCUT2D eigenvalue weighted by atomic mass is 19.2. The van der Waals surface area contributed by atoms with Crippen molar-refractivity contribution in [1.29, 1.82) is 0 Å². The topological polar surface area (TPSA) is 45.8 Å². The minimum absolute atomic E-state index is 0.0242. The predicted octanol–water partition coefficient (Wildman–Crippen LogP) is 2.98. The summed E-state index contributed by atoms with van der Waals surface area (Å²) >= 11 is 0. The number of aromatic nitrogens is 2. The van der Waals surface area contributed by atoms with E-state index in [1.807, 2.05) is 0 Å². The van der Waals surface area contributed by atoms with Crippen LogP contribution in [0.1, 0.15) is 25.6 Å². The Kier molecular flexibility index (Phi) is 3.42. The minimum Gasteiger partial charge on any atom is -0.310 e. The number of nitrogens with zero attached hydrogens (tertiary/aromatic N) is 1. The second-order valence-corrected chi connectivity index (χ2v) is 4.39. The molecule has 0 bridgehead atoms. The normalized spacial score (nSPS) is 11.1. The van der Waals surface area contributed by atoms with Gasteiger partial charge in [0, 0.05) is 17.5 Å². The van der Waals surface area contributed by atoms with Crippen LogP contribution in [0.5, 0.6) is 0 Å². The monoisotopic (exact) mass is 268 g/mol. The van der Waals surface area contributed by atoms with Crippen LogP contribution in [-0.2, 0) is 0 Å². The van der Waals surface area contributed by atoms with Crippen molar-refractivity contribution in [3.8, 4) is 11.3 Å². The average Bonchev–Trinajstić information content (AvgIpc) is 2.35. The van der Waals surface area contributed by atoms with Gasteiger partial charge in [0.05, 0.1) is 5.69 Å². The Balaban J connectivity index is 2.66. The molecule has 1 N–H and O–H groups in total. The first-order valence-electron chi connectivity index (χ1n) is 5.65. The third-order valence-electron chi connectivity index (χ3n) is 2.62. The van der Waals surface area contributed by atoms with Crippen LogP contribution in [0.15, 0.2) is 23.0 Å². The van der Waals surface area contributed by atoms with Crippen LogP contribution in [0.25, 0.3) is 11.3 Å². The summed E-state index contributed by atoms with van der Waals surface area (Å²) in [5.74, 6) is -3.94. The Morgan fingerprint density at radius 2 is 1.84 bits per heavy atom. The molecule has 0 unspecified atom stereocenters. The molecular weight excluding hydrogens is 257 g/mol. The highest BCUT2D eigenvalue weighted by molar-refractivity contribution is 5.59. The van der Waals surface area contributed by atoms with Gasteiger partial charge in [-0.3, -0.25) is 4.79 Å². The van der Waals surface area contributed by atoms with Gasteiger partial charge in [-0.05, 0) is 12.1 Å². The first-order valence-corrected chi connectivity index (χ1v) is 5.65.